The molecule has 1 aromatic heterocycles. The highest BCUT2D eigenvalue weighted by atomic mass is 16.5. The third-order valence-electron chi connectivity index (χ3n) is 3.32. The van der Waals surface area contributed by atoms with Crippen molar-refractivity contribution in [1.29, 1.82) is 0 Å². The van der Waals surface area contributed by atoms with E-state index in [0.29, 0.717) is 0 Å². The Morgan fingerprint density at radius 2 is 2.28 bits per heavy atom. The van der Waals surface area contributed by atoms with Crippen LogP contribution in [-0.2, 0) is 4.74 Å². The summed E-state index contributed by atoms with van der Waals surface area (Å²) >= 11 is 0. The van der Waals surface area contributed by atoms with Crippen LogP contribution in [0, 0.1) is 6.92 Å². The molecule has 0 aromatic carbocycles. The number of rotatable bonds is 4. The monoisotopic (exact) mass is 250 g/mol. The van der Waals surface area contributed by atoms with Crippen LogP contribution in [0.1, 0.15) is 24.4 Å². The molecular weight excluding hydrogens is 228 g/mol. The Morgan fingerprint density at radius 1 is 1.50 bits per heavy atom. The zero-order valence-corrected chi connectivity index (χ0v) is 11.4. The lowest BCUT2D eigenvalue weighted by Crippen LogP contribution is -2.45. The topological polar surface area (TPSA) is 50.3 Å². The molecule has 1 aromatic rings. The van der Waals surface area contributed by atoms with Crippen molar-refractivity contribution in [2.75, 3.05) is 33.3 Å². The van der Waals surface area contributed by atoms with Gasteiger partial charge in [0.15, 0.2) is 0 Å². The first kappa shape index (κ1) is 13.4. The Hall–Kier alpha value is -1.04. The molecule has 100 valence electrons. The lowest BCUT2D eigenvalue weighted by atomic mass is 10.1. The molecule has 1 aliphatic heterocycles. The molecule has 0 aliphatic carbocycles. The normalized spacial score (nSPS) is 22.9. The van der Waals surface area contributed by atoms with Crippen molar-refractivity contribution in [3.05, 3.63) is 23.8 Å². The minimum Gasteiger partial charge on any atom is -0.374 e. The van der Waals surface area contributed by atoms with Crippen molar-refractivity contribution in [3.63, 3.8) is 0 Å². The van der Waals surface area contributed by atoms with E-state index < -0.39 is 0 Å². The zero-order chi connectivity index (χ0) is 13.0. The predicted octanol–water partition coefficient (Wildman–Crippen LogP) is 0.766. The van der Waals surface area contributed by atoms with Crippen LogP contribution in [0.15, 0.2) is 12.4 Å². The maximum absolute atomic E-state index is 5.72. The van der Waals surface area contributed by atoms with E-state index >= 15 is 0 Å². The van der Waals surface area contributed by atoms with Crippen LogP contribution in [0.25, 0.3) is 0 Å². The Labute approximate surface area is 109 Å². The summed E-state index contributed by atoms with van der Waals surface area (Å²) in [6.45, 7) is 7.78. The standard InChI is InChI=1S/C13H22N4O/c1-10-13(15-5-4-14-10)11(2)16-8-12-9-17(3)6-7-18-12/h4-5,11-12,16H,6-9H2,1-3H3. The molecule has 0 bridgehead atoms. The smallest absolute Gasteiger partial charge is 0.0826 e. The average molecular weight is 250 g/mol. The van der Waals surface area contributed by atoms with Crippen LogP contribution >= 0.6 is 0 Å². The number of nitrogens with one attached hydrogen (secondary N) is 1. The van der Waals surface area contributed by atoms with E-state index in [4.69, 9.17) is 4.74 Å². The fraction of sp³-hybridized carbons (Fsp3) is 0.692. The van der Waals surface area contributed by atoms with Gasteiger partial charge in [0.25, 0.3) is 0 Å². The van der Waals surface area contributed by atoms with Gasteiger partial charge in [-0.2, -0.15) is 0 Å². The first-order valence-electron chi connectivity index (χ1n) is 6.48. The highest BCUT2D eigenvalue weighted by Gasteiger charge is 2.19. The van der Waals surface area contributed by atoms with E-state index in [2.05, 4.69) is 34.2 Å². The van der Waals surface area contributed by atoms with Gasteiger partial charge in [-0.3, -0.25) is 9.97 Å². The van der Waals surface area contributed by atoms with Gasteiger partial charge < -0.3 is 15.0 Å². The van der Waals surface area contributed by atoms with Crippen LogP contribution in [0.5, 0.6) is 0 Å². The summed E-state index contributed by atoms with van der Waals surface area (Å²) in [5, 5.41) is 3.48. The van der Waals surface area contributed by atoms with Gasteiger partial charge in [0.05, 0.1) is 24.1 Å². The second kappa shape index (κ2) is 6.22. The van der Waals surface area contributed by atoms with Crippen molar-refractivity contribution in [1.82, 2.24) is 20.2 Å². The van der Waals surface area contributed by atoms with Crippen LogP contribution in [0.4, 0.5) is 0 Å². The Morgan fingerprint density at radius 3 is 3.00 bits per heavy atom. The minimum atomic E-state index is 0.203. The highest BCUT2D eigenvalue weighted by Crippen LogP contribution is 2.12. The van der Waals surface area contributed by atoms with Crippen molar-refractivity contribution in [2.24, 2.45) is 0 Å². The average Bonchev–Trinajstić information content (AvgIpc) is 2.37. The molecule has 1 aliphatic rings. The number of aromatic nitrogens is 2. The molecule has 0 radical (unpaired) electrons. The van der Waals surface area contributed by atoms with Gasteiger partial charge in [0.2, 0.25) is 0 Å². The second-order valence-corrected chi connectivity index (χ2v) is 4.91. The summed E-state index contributed by atoms with van der Waals surface area (Å²) in [6.07, 6.45) is 3.74. The SMILES string of the molecule is Cc1nccnc1C(C)NCC1CN(C)CCO1. The molecule has 0 saturated carbocycles. The van der Waals surface area contributed by atoms with Gasteiger partial charge in [-0.1, -0.05) is 0 Å². The third kappa shape index (κ3) is 3.48. The van der Waals surface area contributed by atoms with Gasteiger partial charge in [0, 0.05) is 38.1 Å². The van der Waals surface area contributed by atoms with E-state index in [-0.39, 0.29) is 12.1 Å². The van der Waals surface area contributed by atoms with Crippen LogP contribution in [-0.4, -0.2) is 54.3 Å². The maximum Gasteiger partial charge on any atom is 0.0826 e. The quantitative estimate of drug-likeness (QED) is 0.855. The Kier molecular flexibility index (Phi) is 4.63. The van der Waals surface area contributed by atoms with Gasteiger partial charge in [0.1, 0.15) is 0 Å². The Bertz CT molecular complexity index is 385. The molecule has 2 atom stereocenters. The molecule has 5 heteroatoms. The molecule has 1 saturated heterocycles. The molecule has 2 unspecified atom stereocenters. The van der Waals surface area contributed by atoms with Gasteiger partial charge in [-0.25, -0.2) is 0 Å². The van der Waals surface area contributed by atoms with E-state index in [9.17, 15) is 0 Å². The number of hydrogen-bond acceptors (Lipinski definition) is 5. The number of likely N-dealkylation sites (N-methyl/N-ethyl adjacent to an activating group) is 1. The predicted molar refractivity (Wildman–Crippen MR) is 70.4 cm³/mol. The summed E-state index contributed by atoms with van der Waals surface area (Å²) in [6, 6.07) is 0.203. The zero-order valence-electron chi connectivity index (χ0n) is 11.4. The summed E-state index contributed by atoms with van der Waals surface area (Å²) in [5.41, 5.74) is 2.00. The summed E-state index contributed by atoms with van der Waals surface area (Å²) in [4.78, 5) is 10.9. The number of nitrogens with zero attached hydrogens (tertiary/aromatic N) is 3. The van der Waals surface area contributed by atoms with E-state index in [1.54, 1.807) is 12.4 Å². The van der Waals surface area contributed by atoms with Crippen molar-refractivity contribution in [2.45, 2.75) is 26.0 Å². The molecule has 5 nitrogen and oxygen atoms in total. The van der Waals surface area contributed by atoms with E-state index in [1.165, 1.54) is 0 Å². The van der Waals surface area contributed by atoms with Crippen molar-refractivity contribution in [3.8, 4) is 0 Å². The summed E-state index contributed by atoms with van der Waals surface area (Å²) in [5.74, 6) is 0. The summed E-state index contributed by atoms with van der Waals surface area (Å²) in [7, 11) is 2.13. The lowest BCUT2D eigenvalue weighted by Gasteiger charge is -2.31. The van der Waals surface area contributed by atoms with E-state index in [0.717, 1.165) is 37.6 Å². The molecule has 1 N–H and O–H groups in total. The molecule has 18 heavy (non-hydrogen) atoms. The third-order valence-corrected chi connectivity index (χ3v) is 3.32. The molecule has 1 fully saturated rings. The largest absolute Gasteiger partial charge is 0.374 e. The molecule has 0 amide bonds. The van der Waals surface area contributed by atoms with Crippen LogP contribution < -0.4 is 5.32 Å². The van der Waals surface area contributed by atoms with Gasteiger partial charge >= 0.3 is 0 Å². The first-order valence-corrected chi connectivity index (χ1v) is 6.48. The Balaban J connectivity index is 1.84. The maximum atomic E-state index is 5.72. The minimum absolute atomic E-state index is 0.203. The number of hydrogen-bond donors (Lipinski definition) is 1. The second-order valence-electron chi connectivity index (χ2n) is 4.91. The fourth-order valence-corrected chi connectivity index (χ4v) is 2.24. The van der Waals surface area contributed by atoms with E-state index in [1.807, 2.05) is 6.92 Å². The van der Waals surface area contributed by atoms with Crippen LogP contribution in [0.3, 0.4) is 0 Å². The van der Waals surface area contributed by atoms with Gasteiger partial charge in [-0.15, -0.1) is 0 Å². The number of ether oxygens (including phenoxy) is 1. The molecular formula is C13H22N4O. The first-order chi connectivity index (χ1) is 8.66. The lowest BCUT2D eigenvalue weighted by molar-refractivity contribution is -0.0191. The summed E-state index contributed by atoms with van der Waals surface area (Å²) < 4.78 is 5.72. The van der Waals surface area contributed by atoms with Crippen molar-refractivity contribution < 1.29 is 4.74 Å². The van der Waals surface area contributed by atoms with Gasteiger partial charge in [-0.05, 0) is 20.9 Å². The number of morpholine rings is 1. The van der Waals surface area contributed by atoms with Crippen molar-refractivity contribution >= 4 is 0 Å². The molecule has 2 rings (SSSR count). The molecule has 2 heterocycles. The molecule has 0 spiro atoms. The number of aryl methyl sites for hydroxylation is 1. The van der Waals surface area contributed by atoms with Crippen LogP contribution in [0.2, 0.25) is 0 Å². The fourth-order valence-electron chi connectivity index (χ4n) is 2.24. The highest BCUT2D eigenvalue weighted by molar-refractivity contribution is 5.12.